The minimum Gasteiger partial charge on any atom is -0.469 e. The number of rotatable bonds is 8. The molecule has 0 aliphatic rings. The van der Waals surface area contributed by atoms with Crippen LogP contribution < -0.4 is 11.1 Å². The number of amides is 2. The molecular weight excluding hydrogens is 350 g/mol. The second-order valence-electron chi connectivity index (χ2n) is 5.71. The summed E-state index contributed by atoms with van der Waals surface area (Å²) in [5, 5.41) is 2.55. The third kappa shape index (κ3) is 4.27. The number of nitrogens with zero attached hydrogens (tertiary/aromatic N) is 3. The lowest BCUT2D eigenvalue weighted by atomic mass is 10.0. The predicted octanol–water partition coefficient (Wildman–Crippen LogP) is 0.646. The number of carbonyl (C=O) groups is 3. The molecule has 1 unspecified atom stereocenters. The fraction of sp³-hybridized carbons (Fsp3) is 0.167. The molecule has 3 N–H and O–H groups in total. The normalized spacial score (nSPS) is 11.7. The molecule has 0 saturated heterocycles. The van der Waals surface area contributed by atoms with Gasteiger partial charge in [0.2, 0.25) is 5.78 Å². The third-order valence-corrected chi connectivity index (χ3v) is 3.89. The second-order valence-corrected chi connectivity index (χ2v) is 5.71. The number of carbonyl (C=O) groups excluding carboxylic acids is 3. The number of Topliss-reactive ketones (excluding diaryl/α,β-unsaturated/α-hetero) is 1. The zero-order chi connectivity index (χ0) is 19.2. The Morgan fingerprint density at radius 3 is 2.74 bits per heavy atom. The first kappa shape index (κ1) is 18.1. The largest absolute Gasteiger partial charge is 0.469 e. The summed E-state index contributed by atoms with van der Waals surface area (Å²) in [7, 11) is 0. The highest BCUT2D eigenvalue weighted by molar-refractivity contribution is 6.37. The maximum absolute atomic E-state index is 12.7. The van der Waals surface area contributed by atoms with Crippen LogP contribution in [-0.2, 0) is 16.0 Å². The zero-order valence-electron chi connectivity index (χ0n) is 14.2. The van der Waals surface area contributed by atoms with Crippen LogP contribution in [0.5, 0.6) is 0 Å². The van der Waals surface area contributed by atoms with Crippen molar-refractivity contribution < 1.29 is 18.8 Å². The summed E-state index contributed by atoms with van der Waals surface area (Å²) in [4.78, 5) is 44.2. The molecule has 3 aromatic heterocycles. The van der Waals surface area contributed by atoms with E-state index in [0.717, 1.165) is 0 Å². The second kappa shape index (κ2) is 8.09. The summed E-state index contributed by atoms with van der Waals surface area (Å²) in [6.45, 7) is 0. The van der Waals surface area contributed by atoms with Gasteiger partial charge in [0.15, 0.2) is 0 Å². The van der Waals surface area contributed by atoms with E-state index in [9.17, 15) is 14.4 Å². The summed E-state index contributed by atoms with van der Waals surface area (Å²) in [6.07, 6.45) is 6.40. The lowest BCUT2D eigenvalue weighted by molar-refractivity contribution is -0.137. The van der Waals surface area contributed by atoms with Gasteiger partial charge in [-0.05, 0) is 30.7 Å². The number of nitrogens with two attached hydrogens (primary N) is 1. The van der Waals surface area contributed by atoms with E-state index in [0.29, 0.717) is 18.0 Å². The van der Waals surface area contributed by atoms with Crippen molar-refractivity contribution in [3.8, 4) is 5.82 Å². The minimum absolute atomic E-state index is 0.165. The lowest BCUT2D eigenvalue weighted by Crippen LogP contribution is -2.46. The Labute approximate surface area is 154 Å². The molecule has 1 atom stereocenters. The van der Waals surface area contributed by atoms with E-state index in [2.05, 4.69) is 15.3 Å². The summed E-state index contributed by atoms with van der Waals surface area (Å²) in [5.74, 6) is -1.44. The molecule has 0 aliphatic carbocycles. The van der Waals surface area contributed by atoms with Crippen molar-refractivity contribution in [2.24, 2.45) is 5.73 Å². The number of primary amides is 1. The van der Waals surface area contributed by atoms with E-state index in [1.165, 1.54) is 23.4 Å². The Morgan fingerprint density at radius 2 is 2.07 bits per heavy atom. The van der Waals surface area contributed by atoms with Crippen molar-refractivity contribution in [2.75, 3.05) is 0 Å². The van der Waals surface area contributed by atoms with Crippen LogP contribution in [0.1, 0.15) is 22.7 Å². The van der Waals surface area contributed by atoms with Crippen LogP contribution in [0.4, 0.5) is 0 Å². The summed E-state index contributed by atoms with van der Waals surface area (Å²) < 4.78 is 6.70. The molecule has 9 nitrogen and oxygen atoms in total. The summed E-state index contributed by atoms with van der Waals surface area (Å²) >= 11 is 0. The van der Waals surface area contributed by atoms with Gasteiger partial charge in [-0.15, -0.1) is 0 Å². The smallest absolute Gasteiger partial charge is 0.287 e. The number of pyridine rings is 1. The van der Waals surface area contributed by atoms with Crippen molar-refractivity contribution in [1.82, 2.24) is 19.9 Å². The average Bonchev–Trinajstić information content (AvgIpc) is 3.36. The van der Waals surface area contributed by atoms with Crippen molar-refractivity contribution >= 4 is 17.6 Å². The van der Waals surface area contributed by atoms with Gasteiger partial charge in [0.1, 0.15) is 23.6 Å². The zero-order valence-corrected chi connectivity index (χ0v) is 14.2. The number of ketones is 1. The van der Waals surface area contributed by atoms with Gasteiger partial charge >= 0.3 is 0 Å². The van der Waals surface area contributed by atoms with Crippen LogP contribution in [0.15, 0.2) is 59.7 Å². The van der Waals surface area contributed by atoms with Gasteiger partial charge in [0.05, 0.1) is 18.5 Å². The molecule has 2 amide bonds. The van der Waals surface area contributed by atoms with Gasteiger partial charge in [-0.3, -0.25) is 19.0 Å². The van der Waals surface area contributed by atoms with Crippen LogP contribution in [-0.4, -0.2) is 38.2 Å². The van der Waals surface area contributed by atoms with Gasteiger partial charge in [-0.25, -0.2) is 9.97 Å². The highest BCUT2D eigenvalue weighted by Gasteiger charge is 2.27. The molecule has 3 rings (SSSR count). The highest BCUT2D eigenvalue weighted by atomic mass is 16.3. The van der Waals surface area contributed by atoms with Crippen LogP contribution >= 0.6 is 0 Å². The summed E-state index contributed by atoms with van der Waals surface area (Å²) in [6, 6.07) is 7.60. The molecule has 27 heavy (non-hydrogen) atoms. The minimum atomic E-state index is -1.11. The molecular formula is C18H17N5O4. The third-order valence-electron chi connectivity index (χ3n) is 3.89. The number of hydrogen-bond acceptors (Lipinski definition) is 6. The molecule has 9 heteroatoms. The number of furan rings is 1. The van der Waals surface area contributed by atoms with Crippen LogP contribution in [0, 0.1) is 0 Å². The van der Waals surface area contributed by atoms with Gasteiger partial charge < -0.3 is 15.5 Å². The fourth-order valence-corrected chi connectivity index (χ4v) is 2.56. The number of aromatic nitrogens is 3. The first-order valence-electron chi connectivity index (χ1n) is 8.17. The number of imidazole rings is 1. The van der Waals surface area contributed by atoms with E-state index in [-0.39, 0.29) is 12.1 Å². The van der Waals surface area contributed by atoms with Crippen LogP contribution in [0.2, 0.25) is 0 Å². The van der Waals surface area contributed by atoms with Crippen LogP contribution in [0.3, 0.4) is 0 Å². The van der Waals surface area contributed by atoms with Crippen molar-refractivity contribution in [2.45, 2.75) is 18.9 Å². The van der Waals surface area contributed by atoms with Crippen LogP contribution in [0.25, 0.3) is 5.82 Å². The van der Waals surface area contributed by atoms with Crippen molar-refractivity contribution in [3.63, 3.8) is 0 Å². The van der Waals surface area contributed by atoms with Gasteiger partial charge in [0.25, 0.3) is 11.8 Å². The Kier molecular flexibility index (Phi) is 5.41. The fourth-order valence-electron chi connectivity index (χ4n) is 2.56. The SMILES string of the molecule is NC(=O)C(=O)C(CCc1ccco1)NC(=O)c1cncn1-c1ccccn1. The molecule has 0 aromatic carbocycles. The lowest BCUT2D eigenvalue weighted by Gasteiger charge is -2.16. The van der Waals surface area contributed by atoms with E-state index in [1.54, 1.807) is 36.5 Å². The molecule has 0 radical (unpaired) electrons. The molecule has 0 fully saturated rings. The first-order valence-corrected chi connectivity index (χ1v) is 8.17. The van der Waals surface area contributed by atoms with E-state index < -0.39 is 23.6 Å². The Bertz CT molecular complexity index is 934. The summed E-state index contributed by atoms with van der Waals surface area (Å²) in [5.41, 5.74) is 5.29. The predicted molar refractivity (Wildman–Crippen MR) is 93.8 cm³/mol. The number of aryl methyl sites for hydroxylation is 1. The molecule has 0 aliphatic heterocycles. The quantitative estimate of drug-likeness (QED) is 0.562. The standard InChI is InChI=1S/C18H17N5O4/c19-17(25)16(24)13(7-6-12-4-3-9-27-12)22-18(26)14-10-20-11-23(14)15-5-1-2-8-21-15/h1-5,8-11,13H,6-7H2,(H2,19,25)(H,22,26). The van der Waals surface area contributed by atoms with E-state index >= 15 is 0 Å². The van der Waals surface area contributed by atoms with E-state index in [4.69, 9.17) is 10.2 Å². The first-order chi connectivity index (χ1) is 13.1. The van der Waals surface area contributed by atoms with Gasteiger partial charge in [-0.2, -0.15) is 0 Å². The molecule has 3 heterocycles. The average molecular weight is 367 g/mol. The topological polar surface area (TPSA) is 133 Å². The van der Waals surface area contributed by atoms with Gasteiger partial charge in [0, 0.05) is 12.6 Å². The Hall–Kier alpha value is -3.75. The number of nitrogens with one attached hydrogen (secondary N) is 1. The maximum atomic E-state index is 12.7. The molecule has 138 valence electrons. The molecule has 0 spiro atoms. The van der Waals surface area contributed by atoms with Gasteiger partial charge in [-0.1, -0.05) is 6.07 Å². The van der Waals surface area contributed by atoms with E-state index in [1.807, 2.05) is 0 Å². The van der Waals surface area contributed by atoms with Crippen molar-refractivity contribution in [1.29, 1.82) is 0 Å². The molecule has 0 saturated carbocycles. The number of hydrogen-bond donors (Lipinski definition) is 2. The maximum Gasteiger partial charge on any atom is 0.287 e. The van der Waals surface area contributed by atoms with Crippen molar-refractivity contribution in [3.05, 3.63) is 66.8 Å². The monoisotopic (exact) mass is 367 g/mol. The Morgan fingerprint density at radius 1 is 1.22 bits per heavy atom. The molecule has 0 bridgehead atoms. The highest BCUT2D eigenvalue weighted by Crippen LogP contribution is 2.11. The Balaban J connectivity index is 1.77. The molecule has 3 aromatic rings.